The van der Waals surface area contributed by atoms with E-state index in [1.807, 2.05) is 6.92 Å². The van der Waals surface area contributed by atoms with Crippen molar-refractivity contribution in [1.82, 2.24) is 10.2 Å². The summed E-state index contributed by atoms with van der Waals surface area (Å²) in [4.78, 5) is 24.8. The summed E-state index contributed by atoms with van der Waals surface area (Å²) in [5.41, 5.74) is 0.738. The van der Waals surface area contributed by atoms with Crippen LogP contribution in [0, 0.1) is 17.0 Å². The highest BCUT2D eigenvalue weighted by Gasteiger charge is 2.30. The third kappa shape index (κ3) is 2.58. The molecule has 6 heteroatoms. The van der Waals surface area contributed by atoms with E-state index in [1.165, 1.54) is 6.07 Å². The monoisotopic (exact) mass is 263 g/mol. The second-order valence-corrected chi connectivity index (χ2v) is 4.78. The average Bonchev–Trinajstić information content (AvgIpc) is 2.38. The molecule has 1 amide bonds. The van der Waals surface area contributed by atoms with Crippen LogP contribution >= 0.6 is 0 Å². The van der Waals surface area contributed by atoms with E-state index in [0.717, 1.165) is 6.54 Å². The van der Waals surface area contributed by atoms with Gasteiger partial charge < -0.3 is 10.2 Å². The van der Waals surface area contributed by atoms with Gasteiger partial charge in [-0.3, -0.25) is 14.9 Å². The fourth-order valence-electron chi connectivity index (χ4n) is 2.37. The largest absolute Gasteiger partial charge is 0.333 e. The van der Waals surface area contributed by atoms with Crippen LogP contribution in [0.15, 0.2) is 18.2 Å². The number of nitrogens with zero attached hydrogens (tertiary/aromatic N) is 2. The van der Waals surface area contributed by atoms with Crippen LogP contribution in [0.1, 0.15) is 22.8 Å². The van der Waals surface area contributed by atoms with Gasteiger partial charge in [0.05, 0.1) is 4.92 Å². The number of nitro benzene ring substituents is 1. The van der Waals surface area contributed by atoms with Crippen LogP contribution in [0.2, 0.25) is 0 Å². The van der Waals surface area contributed by atoms with Crippen LogP contribution in [0.5, 0.6) is 0 Å². The molecule has 0 radical (unpaired) electrons. The minimum absolute atomic E-state index is 0.0421. The second-order valence-electron chi connectivity index (χ2n) is 4.78. The molecule has 1 saturated heterocycles. The standard InChI is InChI=1S/C13H17N3O3/c1-9-4-3-5-11(16(18)19)12(9)13(17)15-7-6-14-8-10(15)2/h3-5,10,14H,6-8H2,1-2H3/t10-/m1/s1. The number of nitro groups is 1. The Bertz CT molecular complexity index is 516. The van der Waals surface area contributed by atoms with Gasteiger partial charge in [0.2, 0.25) is 0 Å². The van der Waals surface area contributed by atoms with E-state index < -0.39 is 4.92 Å². The Morgan fingerprint density at radius 2 is 2.26 bits per heavy atom. The maximum Gasteiger partial charge on any atom is 0.282 e. The summed E-state index contributed by atoms with van der Waals surface area (Å²) in [6.07, 6.45) is 0. The number of amides is 1. The molecule has 0 aromatic heterocycles. The van der Waals surface area contributed by atoms with E-state index in [0.29, 0.717) is 18.7 Å². The van der Waals surface area contributed by atoms with Crippen LogP contribution in [0.25, 0.3) is 0 Å². The third-order valence-corrected chi connectivity index (χ3v) is 3.42. The van der Waals surface area contributed by atoms with Gasteiger partial charge >= 0.3 is 0 Å². The van der Waals surface area contributed by atoms with Gasteiger partial charge in [-0.15, -0.1) is 0 Å². The maximum absolute atomic E-state index is 12.5. The van der Waals surface area contributed by atoms with E-state index in [-0.39, 0.29) is 23.2 Å². The van der Waals surface area contributed by atoms with Crippen molar-refractivity contribution in [2.24, 2.45) is 0 Å². The van der Waals surface area contributed by atoms with Gasteiger partial charge in [0.1, 0.15) is 5.56 Å². The molecule has 2 rings (SSSR count). The maximum atomic E-state index is 12.5. The molecule has 0 saturated carbocycles. The van der Waals surface area contributed by atoms with Crippen molar-refractivity contribution < 1.29 is 9.72 Å². The van der Waals surface area contributed by atoms with Gasteiger partial charge in [0.25, 0.3) is 11.6 Å². The number of piperazine rings is 1. The van der Waals surface area contributed by atoms with Crippen molar-refractivity contribution in [1.29, 1.82) is 0 Å². The zero-order valence-electron chi connectivity index (χ0n) is 11.0. The van der Waals surface area contributed by atoms with Crippen molar-refractivity contribution >= 4 is 11.6 Å². The molecule has 19 heavy (non-hydrogen) atoms. The molecule has 1 aromatic carbocycles. The summed E-state index contributed by atoms with van der Waals surface area (Å²) in [5, 5.41) is 14.3. The number of carbonyl (C=O) groups is 1. The average molecular weight is 263 g/mol. The summed E-state index contributed by atoms with van der Waals surface area (Å²) < 4.78 is 0. The summed E-state index contributed by atoms with van der Waals surface area (Å²) in [5.74, 6) is -0.251. The lowest BCUT2D eigenvalue weighted by Crippen LogP contribution is -2.52. The molecular formula is C13H17N3O3. The highest BCUT2D eigenvalue weighted by molar-refractivity contribution is 5.99. The van der Waals surface area contributed by atoms with E-state index in [4.69, 9.17) is 0 Å². The molecule has 1 atom stereocenters. The van der Waals surface area contributed by atoms with Crippen LogP contribution in [-0.4, -0.2) is 41.4 Å². The number of nitrogens with one attached hydrogen (secondary N) is 1. The molecule has 102 valence electrons. The zero-order chi connectivity index (χ0) is 14.0. The zero-order valence-corrected chi connectivity index (χ0v) is 11.0. The first-order valence-electron chi connectivity index (χ1n) is 6.28. The van der Waals surface area contributed by atoms with Crippen LogP contribution in [-0.2, 0) is 0 Å². The molecule has 0 spiro atoms. The Kier molecular flexibility index (Phi) is 3.80. The second kappa shape index (κ2) is 5.36. The first-order valence-corrected chi connectivity index (χ1v) is 6.28. The van der Waals surface area contributed by atoms with Crippen molar-refractivity contribution in [3.8, 4) is 0 Å². The molecule has 1 aromatic rings. The summed E-state index contributed by atoms with van der Waals surface area (Å²) >= 11 is 0. The fraction of sp³-hybridized carbons (Fsp3) is 0.462. The number of carbonyl (C=O) groups excluding carboxylic acids is 1. The lowest BCUT2D eigenvalue weighted by Gasteiger charge is -2.34. The molecule has 1 N–H and O–H groups in total. The van der Waals surface area contributed by atoms with Gasteiger partial charge in [0.15, 0.2) is 0 Å². The molecule has 1 fully saturated rings. The van der Waals surface area contributed by atoms with Gasteiger partial charge in [0, 0.05) is 31.7 Å². The first kappa shape index (κ1) is 13.5. The van der Waals surface area contributed by atoms with Gasteiger partial charge in [-0.2, -0.15) is 0 Å². The van der Waals surface area contributed by atoms with Crippen LogP contribution < -0.4 is 5.32 Å². The highest BCUT2D eigenvalue weighted by Crippen LogP contribution is 2.24. The number of aryl methyl sites for hydroxylation is 1. The molecular weight excluding hydrogens is 246 g/mol. The van der Waals surface area contributed by atoms with Crippen molar-refractivity contribution in [3.63, 3.8) is 0 Å². The van der Waals surface area contributed by atoms with Crippen LogP contribution in [0.4, 0.5) is 5.69 Å². The van der Waals surface area contributed by atoms with E-state index in [1.54, 1.807) is 24.0 Å². The number of hydrogen-bond donors (Lipinski definition) is 1. The summed E-state index contributed by atoms with van der Waals surface area (Å²) in [6, 6.07) is 4.76. The van der Waals surface area contributed by atoms with Crippen molar-refractivity contribution in [3.05, 3.63) is 39.4 Å². The Hall–Kier alpha value is -1.95. The minimum Gasteiger partial charge on any atom is -0.333 e. The smallest absolute Gasteiger partial charge is 0.282 e. The predicted octanol–water partition coefficient (Wildman–Crippen LogP) is 1.34. The minimum atomic E-state index is -0.493. The number of rotatable bonds is 2. The summed E-state index contributed by atoms with van der Waals surface area (Å²) in [7, 11) is 0. The Morgan fingerprint density at radius 3 is 2.89 bits per heavy atom. The lowest BCUT2D eigenvalue weighted by molar-refractivity contribution is -0.385. The quantitative estimate of drug-likeness (QED) is 0.645. The third-order valence-electron chi connectivity index (χ3n) is 3.42. The number of benzene rings is 1. The van der Waals surface area contributed by atoms with Crippen molar-refractivity contribution in [2.45, 2.75) is 19.9 Å². The Morgan fingerprint density at radius 1 is 1.53 bits per heavy atom. The SMILES string of the molecule is Cc1cccc([N+](=O)[O-])c1C(=O)N1CCNC[C@H]1C. The highest BCUT2D eigenvalue weighted by atomic mass is 16.6. The van der Waals surface area contributed by atoms with Crippen LogP contribution in [0.3, 0.4) is 0 Å². The van der Waals surface area contributed by atoms with Gasteiger partial charge in [-0.1, -0.05) is 12.1 Å². The lowest BCUT2D eigenvalue weighted by atomic mass is 10.0. The van der Waals surface area contributed by atoms with Gasteiger partial charge in [-0.05, 0) is 19.4 Å². The van der Waals surface area contributed by atoms with Gasteiger partial charge in [-0.25, -0.2) is 0 Å². The molecule has 1 aliphatic rings. The summed E-state index contributed by atoms with van der Waals surface area (Å²) in [6.45, 7) is 5.67. The molecule has 6 nitrogen and oxygen atoms in total. The Labute approximate surface area is 111 Å². The van der Waals surface area contributed by atoms with Crippen molar-refractivity contribution in [2.75, 3.05) is 19.6 Å². The van der Waals surface area contributed by atoms with E-state index >= 15 is 0 Å². The topological polar surface area (TPSA) is 75.5 Å². The Balaban J connectivity index is 2.40. The molecule has 1 heterocycles. The normalized spacial score (nSPS) is 19.3. The first-order chi connectivity index (χ1) is 9.02. The van der Waals surface area contributed by atoms with E-state index in [9.17, 15) is 14.9 Å². The van der Waals surface area contributed by atoms with E-state index in [2.05, 4.69) is 5.32 Å². The number of hydrogen-bond acceptors (Lipinski definition) is 4. The molecule has 1 aliphatic heterocycles. The molecule has 0 unspecified atom stereocenters. The molecule has 0 bridgehead atoms. The fourth-order valence-corrected chi connectivity index (χ4v) is 2.37. The molecule has 0 aliphatic carbocycles. The predicted molar refractivity (Wildman–Crippen MR) is 71.2 cm³/mol.